The van der Waals surface area contributed by atoms with Crippen molar-refractivity contribution in [1.82, 2.24) is 15.5 Å². The monoisotopic (exact) mass is 489 g/mol. The van der Waals surface area contributed by atoms with Crippen LogP contribution in [0.3, 0.4) is 0 Å². The van der Waals surface area contributed by atoms with Crippen molar-refractivity contribution in [2.75, 3.05) is 19.5 Å². The lowest BCUT2D eigenvalue weighted by molar-refractivity contribution is -0.306. The summed E-state index contributed by atoms with van der Waals surface area (Å²) in [6, 6.07) is 7.66. The number of hydroxylamine groups is 2. The summed E-state index contributed by atoms with van der Waals surface area (Å²) < 4.78 is 5.11. The maximum atomic E-state index is 12.6. The molecule has 0 spiro atoms. The van der Waals surface area contributed by atoms with Crippen molar-refractivity contribution in [3.8, 4) is 0 Å². The average molecular weight is 489 g/mol. The Labute approximate surface area is 196 Å². The zero-order valence-corrected chi connectivity index (χ0v) is 18.5. The fourth-order valence-corrected chi connectivity index (χ4v) is 3.87. The number of cyclic esters (lactones) is 1. The molecule has 34 heavy (non-hydrogen) atoms. The number of ether oxygens (including phenoxy) is 1. The number of amides is 2. The van der Waals surface area contributed by atoms with E-state index in [0.29, 0.717) is 10.8 Å². The van der Waals surface area contributed by atoms with E-state index in [1.807, 2.05) is 0 Å². The molecule has 13 nitrogen and oxygen atoms in total. The number of oxime groups is 1. The van der Waals surface area contributed by atoms with Gasteiger partial charge in [0.05, 0.1) is 5.92 Å². The van der Waals surface area contributed by atoms with Gasteiger partial charge in [0.25, 0.3) is 5.91 Å². The first-order valence-electron chi connectivity index (χ1n) is 9.95. The second-order valence-corrected chi connectivity index (χ2v) is 8.04. The van der Waals surface area contributed by atoms with Crippen LogP contribution in [-0.2, 0) is 38.4 Å². The summed E-state index contributed by atoms with van der Waals surface area (Å²) in [6.45, 7) is -0.311. The molecule has 0 bridgehead atoms. The van der Waals surface area contributed by atoms with Gasteiger partial charge in [-0.05, 0) is 10.8 Å². The predicted octanol–water partition coefficient (Wildman–Crippen LogP) is -0.108. The second kappa shape index (κ2) is 9.84. The van der Waals surface area contributed by atoms with Gasteiger partial charge in [0, 0.05) is 11.8 Å². The fourth-order valence-electron chi connectivity index (χ4n) is 3.32. The number of thiazole rings is 1. The van der Waals surface area contributed by atoms with Crippen LogP contribution in [0.4, 0.5) is 5.13 Å². The highest BCUT2D eigenvalue weighted by Crippen LogP contribution is 2.31. The lowest BCUT2D eigenvalue weighted by Gasteiger charge is -2.15. The van der Waals surface area contributed by atoms with E-state index in [9.17, 15) is 19.2 Å². The first-order chi connectivity index (χ1) is 16.4. The average Bonchev–Trinajstić information content (AvgIpc) is 3.53. The third-order valence-electron chi connectivity index (χ3n) is 4.93. The van der Waals surface area contributed by atoms with Gasteiger partial charge in [-0.1, -0.05) is 35.5 Å². The molecule has 1 aromatic carbocycles. The highest BCUT2D eigenvalue weighted by atomic mass is 32.1. The highest BCUT2D eigenvalue weighted by molar-refractivity contribution is 7.13. The van der Waals surface area contributed by atoms with Crippen LogP contribution in [0.15, 0.2) is 40.9 Å². The molecule has 14 heteroatoms. The standard InChI is InChI=1S/C20H19N5O8S/c1-30-24-15(13-9-34-20(21)23-13)16(26)22-12-8-31-25(17(12)27)33-19(29)14-7-11(18(28)32-14)10-5-3-2-4-6-10/h2-6,9,11-12,14H,7-8H2,1H3,(H2,21,23)(H,22,26)/t11?,12-,14?/m0/s1. The summed E-state index contributed by atoms with van der Waals surface area (Å²) >= 11 is 1.09. The number of esters is 1. The molecule has 3 atom stereocenters. The van der Waals surface area contributed by atoms with E-state index >= 15 is 0 Å². The number of nitrogens with two attached hydrogens (primary N) is 1. The number of carbonyl (C=O) groups is 4. The van der Waals surface area contributed by atoms with Gasteiger partial charge in [-0.3, -0.25) is 14.4 Å². The quantitative estimate of drug-likeness (QED) is 0.304. The van der Waals surface area contributed by atoms with Gasteiger partial charge in [0.15, 0.2) is 10.8 Å². The minimum atomic E-state index is -1.21. The number of rotatable bonds is 7. The Kier molecular flexibility index (Phi) is 6.70. The molecule has 2 aliphatic heterocycles. The molecule has 2 unspecified atom stereocenters. The molecule has 2 aliphatic rings. The van der Waals surface area contributed by atoms with Gasteiger partial charge in [0.1, 0.15) is 25.5 Å². The lowest BCUT2D eigenvalue weighted by Crippen LogP contribution is -2.46. The summed E-state index contributed by atoms with van der Waals surface area (Å²) in [4.78, 5) is 68.5. The maximum Gasteiger partial charge on any atom is 0.375 e. The van der Waals surface area contributed by atoms with Gasteiger partial charge in [-0.25, -0.2) is 14.6 Å². The van der Waals surface area contributed by atoms with Crippen LogP contribution in [0, 0.1) is 0 Å². The largest absolute Gasteiger partial charge is 0.450 e. The number of benzene rings is 1. The summed E-state index contributed by atoms with van der Waals surface area (Å²) in [5.74, 6) is -3.80. The molecule has 178 valence electrons. The Morgan fingerprint density at radius 1 is 1.29 bits per heavy atom. The third-order valence-corrected chi connectivity index (χ3v) is 5.61. The molecule has 2 aromatic rings. The van der Waals surface area contributed by atoms with Crippen LogP contribution in [0.5, 0.6) is 0 Å². The number of nitrogens with zero attached hydrogens (tertiary/aromatic N) is 3. The van der Waals surface area contributed by atoms with Crippen molar-refractivity contribution < 1.29 is 38.4 Å². The maximum absolute atomic E-state index is 12.6. The van der Waals surface area contributed by atoms with Crippen molar-refractivity contribution in [3.05, 3.63) is 47.0 Å². The van der Waals surface area contributed by atoms with Crippen LogP contribution >= 0.6 is 11.3 Å². The molecule has 2 amide bonds. The number of nitrogens with one attached hydrogen (secondary N) is 1. The van der Waals surface area contributed by atoms with Gasteiger partial charge < -0.3 is 25.5 Å². The third kappa shape index (κ3) is 4.82. The Morgan fingerprint density at radius 3 is 2.74 bits per heavy atom. The van der Waals surface area contributed by atoms with Crippen molar-refractivity contribution >= 4 is 45.9 Å². The van der Waals surface area contributed by atoms with Crippen molar-refractivity contribution in [2.45, 2.75) is 24.5 Å². The number of anilines is 1. The number of nitrogen functional groups attached to an aromatic ring is 1. The number of hydrogen-bond donors (Lipinski definition) is 2. The first-order valence-corrected chi connectivity index (χ1v) is 10.8. The van der Waals surface area contributed by atoms with Crippen LogP contribution in [0.25, 0.3) is 0 Å². The number of aromatic nitrogens is 1. The van der Waals surface area contributed by atoms with Gasteiger partial charge in [-0.15, -0.1) is 11.3 Å². The molecular weight excluding hydrogens is 470 g/mol. The Balaban J connectivity index is 1.34. The van der Waals surface area contributed by atoms with Crippen LogP contribution < -0.4 is 11.1 Å². The fraction of sp³-hybridized carbons (Fsp3) is 0.300. The summed E-state index contributed by atoms with van der Waals surface area (Å²) in [5.41, 5.74) is 6.24. The van der Waals surface area contributed by atoms with Gasteiger partial charge in [0.2, 0.25) is 6.10 Å². The zero-order chi connectivity index (χ0) is 24.2. The Morgan fingerprint density at radius 2 is 2.06 bits per heavy atom. The first kappa shape index (κ1) is 23.1. The number of hydrogen-bond acceptors (Lipinski definition) is 12. The minimum absolute atomic E-state index is 0.0531. The lowest BCUT2D eigenvalue weighted by atomic mass is 9.96. The van der Waals surface area contributed by atoms with E-state index in [-0.39, 0.29) is 29.6 Å². The molecule has 2 fully saturated rings. The normalized spacial score (nSPS) is 22.4. The molecule has 0 saturated carbocycles. The summed E-state index contributed by atoms with van der Waals surface area (Å²) in [6.07, 6.45) is -1.16. The molecule has 3 N–H and O–H groups in total. The van der Waals surface area contributed by atoms with E-state index in [1.165, 1.54) is 12.5 Å². The van der Waals surface area contributed by atoms with Crippen LogP contribution in [-0.4, -0.2) is 65.5 Å². The Bertz CT molecular complexity index is 1140. The number of carbonyl (C=O) groups excluding carboxylic acids is 4. The molecule has 1 aromatic heterocycles. The predicted molar refractivity (Wildman–Crippen MR) is 115 cm³/mol. The molecule has 0 radical (unpaired) electrons. The molecule has 0 aliphatic carbocycles. The topological polar surface area (TPSA) is 172 Å². The van der Waals surface area contributed by atoms with Crippen molar-refractivity contribution in [2.24, 2.45) is 5.16 Å². The highest BCUT2D eigenvalue weighted by Gasteiger charge is 2.44. The van der Waals surface area contributed by atoms with E-state index in [1.54, 1.807) is 30.3 Å². The second-order valence-electron chi connectivity index (χ2n) is 7.15. The van der Waals surface area contributed by atoms with Crippen LogP contribution in [0.1, 0.15) is 23.6 Å². The van der Waals surface area contributed by atoms with Gasteiger partial charge >= 0.3 is 17.8 Å². The Hall–Kier alpha value is -4.04. The van der Waals surface area contributed by atoms with Crippen molar-refractivity contribution in [1.29, 1.82) is 0 Å². The smallest absolute Gasteiger partial charge is 0.375 e. The van der Waals surface area contributed by atoms with Crippen LogP contribution in [0.2, 0.25) is 0 Å². The minimum Gasteiger partial charge on any atom is -0.450 e. The molecule has 3 heterocycles. The van der Waals surface area contributed by atoms with E-state index in [4.69, 9.17) is 20.1 Å². The SMILES string of the molecule is CON=C(C(=O)N[C@H]1CON(OC(=O)C2CC(c3ccccc3)C(=O)O2)C1=O)c1csc(N)n1. The zero-order valence-electron chi connectivity index (χ0n) is 17.7. The summed E-state index contributed by atoms with van der Waals surface area (Å²) in [5, 5.41) is 8.10. The van der Waals surface area contributed by atoms with E-state index in [0.717, 1.165) is 11.3 Å². The van der Waals surface area contributed by atoms with Crippen molar-refractivity contribution in [3.63, 3.8) is 0 Å². The van der Waals surface area contributed by atoms with E-state index in [2.05, 4.69) is 20.3 Å². The van der Waals surface area contributed by atoms with Gasteiger partial charge in [-0.2, -0.15) is 0 Å². The summed E-state index contributed by atoms with van der Waals surface area (Å²) in [7, 11) is 1.24. The molecule has 2 saturated heterocycles. The molecule has 4 rings (SSSR count). The molecular formula is C20H19N5O8S. The van der Waals surface area contributed by atoms with E-state index < -0.39 is 41.8 Å².